The first-order valence-electron chi connectivity index (χ1n) is 20.8. The van der Waals surface area contributed by atoms with Crippen molar-refractivity contribution in [3.63, 3.8) is 0 Å². The average Bonchev–Trinajstić information content (AvgIpc) is 3.91. The lowest BCUT2D eigenvalue weighted by Gasteiger charge is -2.27. The van der Waals surface area contributed by atoms with Gasteiger partial charge in [-0.15, -0.1) is 11.3 Å². The Morgan fingerprint density at radius 1 is 0.344 bits per heavy atom. The number of furan rings is 1. The van der Waals surface area contributed by atoms with Gasteiger partial charge in [-0.2, -0.15) is 0 Å². The van der Waals surface area contributed by atoms with Crippen LogP contribution in [-0.4, -0.2) is 0 Å². The standard InChI is InChI=1S/C58H35NOS/c1-3-16-39-33-41(31-29-36(39)13-1)59(42-32-30-37-14-2-4-17-40(37)34-42)52-26-12-27-53-56(52)51-35-50(45-20-7-8-21-47(45)57(51)60-53)48-24-10-25-49-55-46(23-11-28-54(55)61-58(48)49)44-22-9-18-38-15-5-6-19-43(38)44/h1-35H. The molecule has 3 heteroatoms. The molecular weight excluding hydrogens is 759 g/mol. The van der Waals surface area contributed by atoms with E-state index in [1.54, 1.807) is 0 Å². The second-order valence-electron chi connectivity index (χ2n) is 16.0. The molecule has 0 aliphatic heterocycles. The quantitative estimate of drug-likeness (QED) is 0.173. The van der Waals surface area contributed by atoms with E-state index in [4.69, 9.17) is 4.42 Å². The fourth-order valence-corrected chi connectivity index (χ4v) is 11.1. The number of benzene rings is 11. The number of anilines is 3. The molecule has 2 aromatic heterocycles. The van der Waals surface area contributed by atoms with E-state index in [0.717, 1.165) is 44.4 Å². The highest BCUT2D eigenvalue weighted by Crippen LogP contribution is 2.50. The molecule has 0 unspecified atom stereocenters. The SMILES string of the molecule is c1ccc2cc(N(c3ccc4ccccc4c3)c3cccc4oc5c6ccccc6c(-c6cccc7c6sc6cccc(-c8cccc9ccccc89)c67)cc5c34)ccc2c1. The molecule has 2 nitrogen and oxygen atoms in total. The van der Waals surface area contributed by atoms with Crippen LogP contribution in [-0.2, 0) is 0 Å². The summed E-state index contributed by atoms with van der Waals surface area (Å²) in [6.45, 7) is 0. The van der Waals surface area contributed by atoms with E-state index in [2.05, 4.69) is 217 Å². The molecule has 13 rings (SSSR count). The Kier molecular flexibility index (Phi) is 7.51. The average molecular weight is 794 g/mol. The predicted molar refractivity (Wildman–Crippen MR) is 262 cm³/mol. The van der Waals surface area contributed by atoms with Crippen LogP contribution in [0.1, 0.15) is 0 Å². The van der Waals surface area contributed by atoms with Crippen LogP contribution < -0.4 is 4.90 Å². The van der Waals surface area contributed by atoms with Gasteiger partial charge in [0.1, 0.15) is 11.2 Å². The second-order valence-corrected chi connectivity index (χ2v) is 17.0. The maximum absolute atomic E-state index is 6.97. The van der Waals surface area contributed by atoms with Gasteiger partial charge in [-0.05, 0) is 103 Å². The summed E-state index contributed by atoms with van der Waals surface area (Å²) >= 11 is 1.89. The van der Waals surface area contributed by atoms with Gasteiger partial charge < -0.3 is 9.32 Å². The van der Waals surface area contributed by atoms with Gasteiger partial charge in [-0.1, -0.05) is 164 Å². The predicted octanol–water partition coefficient (Wildman–Crippen LogP) is 17.4. The first-order chi connectivity index (χ1) is 30.2. The van der Waals surface area contributed by atoms with Crippen LogP contribution >= 0.6 is 11.3 Å². The number of thiophene rings is 1. The van der Waals surface area contributed by atoms with Gasteiger partial charge in [0.25, 0.3) is 0 Å². The molecule has 0 saturated carbocycles. The molecule has 13 aromatic rings. The van der Waals surface area contributed by atoms with Crippen molar-refractivity contribution >= 4 is 114 Å². The molecule has 0 amide bonds. The van der Waals surface area contributed by atoms with Crippen LogP contribution in [0.15, 0.2) is 217 Å². The van der Waals surface area contributed by atoms with Crippen LogP contribution in [0.4, 0.5) is 17.1 Å². The molecular formula is C58H35NOS. The summed E-state index contributed by atoms with van der Waals surface area (Å²) in [5.41, 5.74) is 9.99. The maximum Gasteiger partial charge on any atom is 0.143 e. The smallest absolute Gasteiger partial charge is 0.143 e. The van der Waals surface area contributed by atoms with E-state index in [9.17, 15) is 0 Å². The molecule has 284 valence electrons. The summed E-state index contributed by atoms with van der Waals surface area (Å²) in [5.74, 6) is 0. The minimum atomic E-state index is 0.862. The lowest BCUT2D eigenvalue weighted by Crippen LogP contribution is -2.10. The van der Waals surface area contributed by atoms with E-state index >= 15 is 0 Å². The largest absolute Gasteiger partial charge is 0.455 e. The minimum absolute atomic E-state index is 0.862. The van der Waals surface area contributed by atoms with Crippen molar-refractivity contribution in [2.45, 2.75) is 0 Å². The van der Waals surface area contributed by atoms with Gasteiger partial charge in [0.2, 0.25) is 0 Å². The highest BCUT2D eigenvalue weighted by molar-refractivity contribution is 7.26. The molecule has 11 aromatic carbocycles. The number of fused-ring (bicyclic) bond motifs is 11. The summed E-state index contributed by atoms with van der Waals surface area (Å²) < 4.78 is 9.55. The summed E-state index contributed by atoms with van der Waals surface area (Å²) in [6, 6.07) is 77.4. The number of rotatable bonds is 5. The second kappa shape index (κ2) is 13.4. The van der Waals surface area contributed by atoms with Gasteiger partial charge >= 0.3 is 0 Å². The Labute approximate surface area is 355 Å². The fourth-order valence-electron chi connectivity index (χ4n) is 9.84. The van der Waals surface area contributed by atoms with Gasteiger partial charge in [-0.25, -0.2) is 0 Å². The van der Waals surface area contributed by atoms with Crippen molar-refractivity contribution in [3.05, 3.63) is 212 Å². The third kappa shape index (κ3) is 5.28. The molecule has 0 bridgehead atoms. The summed E-state index contributed by atoms with van der Waals surface area (Å²) in [7, 11) is 0. The molecule has 0 spiro atoms. The fraction of sp³-hybridized carbons (Fsp3) is 0. The Balaban J connectivity index is 1.08. The molecule has 0 N–H and O–H groups in total. The van der Waals surface area contributed by atoms with Crippen LogP contribution in [0.3, 0.4) is 0 Å². The maximum atomic E-state index is 6.97. The van der Waals surface area contributed by atoms with Crippen molar-refractivity contribution in [2.75, 3.05) is 4.90 Å². The van der Waals surface area contributed by atoms with Gasteiger partial charge in [-0.3, -0.25) is 0 Å². The molecule has 0 radical (unpaired) electrons. The van der Waals surface area contributed by atoms with Crippen molar-refractivity contribution in [1.82, 2.24) is 0 Å². The van der Waals surface area contributed by atoms with E-state index in [1.165, 1.54) is 80.1 Å². The van der Waals surface area contributed by atoms with Crippen LogP contribution in [0, 0.1) is 0 Å². The molecule has 0 atom stereocenters. The molecule has 0 saturated heterocycles. The molecule has 61 heavy (non-hydrogen) atoms. The third-order valence-electron chi connectivity index (χ3n) is 12.6. The molecule has 0 aliphatic rings. The summed E-state index contributed by atoms with van der Waals surface area (Å²) in [5, 5.41) is 14.4. The van der Waals surface area contributed by atoms with Crippen molar-refractivity contribution < 1.29 is 4.42 Å². The Hall–Kier alpha value is -7.72. The van der Waals surface area contributed by atoms with E-state index in [0.29, 0.717) is 0 Å². The number of hydrogen-bond acceptors (Lipinski definition) is 3. The first kappa shape index (κ1) is 34.2. The minimum Gasteiger partial charge on any atom is -0.455 e. The highest BCUT2D eigenvalue weighted by Gasteiger charge is 2.24. The summed E-state index contributed by atoms with van der Waals surface area (Å²) in [6.07, 6.45) is 0. The molecule has 2 heterocycles. The third-order valence-corrected chi connectivity index (χ3v) is 13.8. The van der Waals surface area contributed by atoms with Crippen LogP contribution in [0.2, 0.25) is 0 Å². The zero-order valence-corrected chi connectivity index (χ0v) is 33.8. The van der Waals surface area contributed by atoms with Gasteiger partial charge in [0.05, 0.1) is 11.1 Å². The van der Waals surface area contributed by atoms with E-state index in [1.807, 2.05) is 11.3 Å². The van der Waals surface area contributed by atoms with Crippen LogP contribution in [0.5, 0.6) is 0 Å². The van der Waals surface area contributed by atoms with E-state index < -0.39 is 0 Å². The van der Waals surface area contributed by atoms with Crippen molar-refractivity contribution in [3.8, 4) is 22.3 Å². The summed E-state index contributed by atoms with van der Waals surface area (Å²) in [4.78, 5) is 2.41. The Morgan fingerprint density at radius 2 is 0.918 bits per heavy atom. The van der Waals surface area contributed by atoms with Gasteiger partial charge in [0.15, 0.2) is 0 Å². The number of hydrogen-bond donors (Lipinski definition) is 0. The van der Waals surface area contributed by atoms with Crippen molar-refractivity contribution in [1.29, 1.82) is 0 Å². The zero-order chi connectivity index (χ0) is 40.0. The normalized spacial score (nSPS) is 11.9. The highest BCUT2D eigenvalue weighted by atomic mass is 32.1. The lowest BCUT2D eigenvalue weighted by molar-refractivity contribution is 0.672. The monoisotopic (exact) mass is 793 g/mol. The zero-order valence-electron chi connectivity index (χ0n) is 33.0. The topological polar surface area (TPSA) is 16.4 Å². The molecule has 0 fully saturated rings. The van der Waals surface area contributed by atoms with Crippen LogP contribution in [0.25, 0.3) is 107 Å². The first-order valence-corrected chi connectivity index (χ1v) is 21.6. The molecule has 0 aliphatic carbocycles. The Morgan fingerprint density at radius 3 is 1.69 bits per heavy atom. The van der Waals surface area contributed by atoms with Gasteiger partial charge in [0, 0.05) is 47.9 Å². The van der Waals surface area contributed by atoms with Crippen molar-refractivity contribution in [2.24, 2.45) is 0 Å². The number of nitrogens with zero attached hydrogens (tertiary/aromatic N) is 1. The van der Waals surface area contributed by atoms with E-state index in [-0.39, 0.29) is 0 Å². The Bertz CT molecular complexity index is 3820. The lowest BCUT2D eigenvalue weighted by atomic mass is 9.92.